The molecule has 0 spiro atoms. The molecule has 2 aromatic rings. The number of nitrogens with one attached hydrogen (secondary N) is 2. The highest BCUT2D eigenvalue weighted by Gasteiger charge is 2.09. The summed E-state index contributed by atoms with van der Waals surface area (Å²) in [6.07, 6.45) is 0. The van der Waals surface area contributed by atoms with Crippen LogP contribution in [0.3, 0.4) is 0 Å². The Morgan fingerprint density at radius 1 is 1.33 bits per heavy atom. The second kappa shape index (κ2) is 6.06. The van der Waals surface area contributed by atoms with Crippen molar-refractivity contribution in [2.75, 3.05) is 0 Å². The first kappa shape index (κ1) is 14.5. The van der Waals surface area contributed by atoms with Crippen LogP contribution in [0, 0.1) is 25.2 Å². The number of H-pyrrole nitrogens is 1. The number of carbonyl (C=O) groups excluding carboxylic acids is 1. The molecular weight excluding hydrogens is 266 g/mol. The first-order chi connectivity index (χ1) is 10.0. The van der Waals surface area contributed by atoms with Crippen molar-refractivity contribution in [2.45, 2.75) is 20.4 Å². The summed E-state index contributed by atoms with van der Waals surface area (Å²) in [6.45, 7) is 3.79. The lowest BCUT2D eigenvalue weighted by molar-refractivity contribution is 0.0950. The van der Waals surface area contributed by atoms with Crippen LogP contribution in [0.2, 0.25) is 0 Å². The molecule has 5 nitrogen and oxygen atoms in total. The second-order valence-electron chi connectivity index (χ2n) is 4.82. The van der Waals surface area contributed by atoms with Gasteiger partial charge in [0, 0.05) is 23.4 Å². The second-order valence-corrected chi connectivity index (χ2v) is 4.82. The summed E-state index contributed by atoms with van der Waals surface area (Å²) in [5.74, 6) is -0.313. The summed E-state index contributed by atoms with van der Waals surface area (Å²) in [5, 5.41) is 11.5. The van der Waals surface area contributed by atoms with Crippen LogP contribution in [0.15, 0.2) is 35.1 Å². The molecule has 1 heterocycles. The third kappa shape index (κ3) is 3.37. The Hall–Kier alpha value is -2.87. The van der Waals surface area contributed by atoms with Crippen molar-refractivity contribution in [1.82, 2.24) is 10.3 Å². The smallest absolute Gasteiger partial charge is 0.253 e. The minimum atomic E-state index is -0.313. The SMILES string of the molecule is Cc1cc(C)c(CNC(=O)c2cccc(C#N)c2)c(=O)[nH]1. The molecule has 0 radical (unpaired) electrons. The van der Waals surface area contributed by atoms with Crippen molar-refractivity contribution in [3.05, 3.63) is 68.6 Å². The van der Waals surface area contributed by atoms with Crippen molar-refractivity contribution in [2.24, 2.45) is 0 Å². The summed E-state index contributed by atoms with van der Waals surface area (Å²) in [4.78, 5) is 26.6. The van der Waals surface area contributed by atoms with E-state index in [2.05, 4.69) is 10.3 Å². The number of aromatic amines is 1. The van der Waals surface area contributed by atoms with E-state index in [0.29, 0.717) is 16.7 Å². The largest absolute Gasteiger partial charge is 0.348 e. The van der Waals surface area contributed by atoms with Crippen LogP contribution < -0.4 is 10.9 Å². The summed E-state index contributed by atoms with van der Waals surface area (Å²) in [7, 11) is 0. The van der Waals surface area contributed by atoms with Gasteiger partial charge in [-0.15, -0.1) is 0 Å². The molecule has 0 bridgehead atoms. The molecule has 106 valence electrons. The van der Waals surface area contributed by atoms with Gasteiger partial charge < -0.3 is 10.3 Å². The summed E-state index contributed by atoms with van der Waals surface area (Å²) in [6, 6.07) is 10.3. The standard InChI is InChI=1S/C16H15N3O2/c1-10-6-11(2)19-16(21)14(10)9-18-15(20)13-5-3-4-12(7-13)8-17/h3-7H,9H2,1-2H3,(H,18,20)(H,19,21). The highest BCUT2D eigenvalue weighted by molar-refractivity contribution is 5.94. The zero-order valence-corrected chi connectivity index (χ0v) is 11.9. The van der Waals surface area contributed by atoms with Crippen molar-refractivity contribution < 1.29 is 4.79 Å². The van der Waals surface area contributed by atoms with Gasteiger partial charge in [0.15, 0.2) is 0 Å². The Bertz CT molecular complexity index is 785. The highest BCUT2D eigenvalue weighted by atomic mass is 16.1. The van der Waals surface area contributed by atoms with E-state index in [4.69, 9.17) is 5.26 Å². The maximum atomic E-state index is 12.0. The fraction of sp³-hybridized carbons (Fsp3) is 0.188. The molecule has 0 unspecified atom stereocenters. The average molecular weight is 281 g/mol. The quantitative estimate of drug-likeness (QED) is 0.899. The fourth-order valence-electron chi connectivity index (χ4n) is 2.10. The average Bonchev–Trinajstić information content (AvgIpc) is 2.46. The Morgan fingerprint density at radius 3 is 2.76 bits per heavy atom. The number of nitrogens with zero attached hydrogens (tertiary/aromatic N) is 1. The van der Waals surface area contributed by atoms with Crippen molar-refractivity contribution in [3.8, 4) is 6.07 Å². The van der Waals surface area contributed by atoms with Gasteiger partial charge in [-0.2, -0.15) is 5.26 Å². The topological polar surface area (TPSA) is 85.8 Å². The molecule has 0 saturated carbocycles. The maximum Gasteiger partial charge on any atom is 0.253 e. The fourth-order valence-corrected chi connectivity index (χ4v) is 2.10. The van der Waals surface area contributed by atoms with E-state index in [-0.39, 0.29) is 18.0 Å². The first-order valence-electron chi connectivity index (χ1n) is 6.49. The molecule has 5 heteroatoms. The van der Waals surface area contributed by atoms with Gasteiger partial charge >= 0.3 is 0 Å². The molecule has 0 aliphatic rings. The molecule has 21 heavy (non-hydrogen) atoms. The van der Waals surface area contributed by atoms with Gasteiger partial charge in [-0.05, 0) is 43.7 Å². The van der Waals surface area contributed by atoms with Crippen molar-refractivity contribution in [1.29, 1.82) is 5.26 Å². The normalized spacial score (nSPS) is 9.95. The maximum absolute atomic E-state index is 12.0. The van der Waals surface area contributed by atoms with Crippen LogP contribution in [0.25, 0.3) is 0 Å². The molecule has 0 saturated heterocycles. The van der Waals surface area contributed by atoms with Crippen molar-refractivity contribution >= 4 is 5.91 Å². The van der Waals surface area contributed by atoms with Gasteiger partial charge in [-0.1, -0.05) is 6.07 Å². The molecule has 0 atom stereocenters. The number of rotatable bonds is 3. The van der Waals surface area contributed by atoms with Gasteiger partial charge in [0.1, 0.15) is 0 Å². The lowest BCUT2D eigenvalue weighted by Crippen LogP contribution is -2.27. The number of pyridine rings is 1. The van der Waals surface area contributed by atoms with Crippen LogP contribution in [0.1, 0.15) is 32.7 Å². The number of aryl methyl sites for hydroxylation is 2. The van der Waals surface area contributed by atoms with E-state index in [1.807, 2.05) is 26.0 Å². The summed E-state index contributed by atoms with van der Waals surface area (Å²) >= 11 is 0. The van der Waals surface area contributed by atoms with E-state index in [0.717, 1.165) is 11.3 Å². The third-order valence-electron chi connectivity index (χ3n) is 3.17. The summed E-state index contributed by atoms with van der Waals surface area (Å²) < 4.78 is 0. The Labute approximate surface area is 122 Å². The molecule has 0 aliphatic heterocycles. The minimum absolute atomic E-state index is 0.150. The van der Waals surface area contributed by atoms with Crippen molar-refractivity contribution in [3.63, 3.8) is 0 Å². The Morgan fingerprint density at radius 2 is 2.10 bits per heavy atom. The summed E-state index contributed by atoms with van der Waals surface area (Å²) in [5.41, 5.74) is 2.78. The van der Waals surface area contributed by atoms with Gasteiger partial charge in [0.2, 0.25) is 0 Å². The molecule has 2 N–H and O–H groups in total. The lowest BCUT2D eigenvalue weighted by Gasteiger charge is -2.08. The monoisotopic (exact) mass is 281 g/mol. The molecule has 2 rings (SSSR count). The van der Waals surface area contributed by atoms with E-state index in [9.17, 15) is 9.59 Å². The van der Waals surface area contributed by atoms with Crippen LogP contribution in [0.5, 0.6) is 0 Å². The third-order valence-corrected chi connectivity index (χ3v) is 3.17. The van der Waals surface area contributed by atoms with E-state index >= 15 is 0 Å². The number of carbonyl (C=O) groups is 1. The van der Waals surface area contributed by atoms with Crippen LogP contribution in [0.4, 0.5) is 0 Å². The zero-order chi connectivity index (χ0) is 15.4. The zero-order valence-electron chi connectivity index (χ0n) is 11.9. The number of benzene rings is 1. The molecule has 0 aliphatic carbocycles. The number of hydrogen-bond acceptors (Lipinski definition) is 3. The number of nitriles is 1. The van der Waals surface area contributed by atoms with Gasteiger partial charge in [0.05, 0.1) is 11.6 Å². The molecule has 1 aromatic carbocycles. The lowest BCUT2D eigenvalue weighted by atomic mass is 10.1. The first-order valence-corrected chi connectivity index (χ1v) is 6.49. The minimum Gasteiger partial charge on any atom is -0.348 e. The van der Waals surface area contributed by atoms with E-state index < -0.39 is 0 Å². The van der Waals surface area contributed by atoms with Gasteiger partial charge in [0.25, 0.3) is 11.5 Å². The number of amides is 1. The van der Waals surface area contributed by atoms with Gasteiger partial charge in [-0.25, -0.2) is 0 Å². The van der Waals surface area contributed by atoms with Gasteiger partial charge in [-0.3, -0.25) is 9.59 Å². The van der Waals surface area contributed by atoms with Crippen LogP contribution >= 0.6 is 0 Å². The van der Waals surface area contributed by atoms with E-state index in [1.165, 1.54) is 6.07 Å². The van der Waals surface area contributed by atoms with Crippen LogP contribution in [-0.2, 0) is 6.54 Å². The predicted octanol–water partition coefficient (Wildman–Crippen LogP) is 1.79. The highest BCUT2D eigenvalue weighted by Crippen LogP contribution is 2.06. The Kier molecular flexibility index (Phi) is 4.19. The number of hydrogen-bond donors (Lipinski definition) is 2. The molecular formula is C16H15N3O2. The molecule has 0 fully saturated rings. The Balaban J connectivity index is 2.15. The van der Waals surface area contributed by atoms with Crippen LogP contribution in [-0.4, -0.2) is 10.9 Å². The van der Waals surface area contributed by atoms with E-state index in [1.54, 1.807) is 18.2 Å². The molecule has 1 aromatic heterocycles. The number of aromatic nitrogens is 1. The predicted molar refractivity (Wildman–Crippen MR) is 78.9 cm³/mol. The molecule has 1 amide bonds.